The van der Waals surface area contributed by atoms with E-state index in [0.717, 1.165) is 55.6 Å². The van der Waals surface area contributed by atoms with E-state index < -0.39 is 0 Å². The van der Waals surface area contributed by atoms with E-state index in [4.69, 9.17) is 23.2 Å². The molecule has 0 spiro atoms. The predicted octanol–water partition coefficient (Wildman–Crippen LogP) is 7.67. The molecule has 0 N–H and O–H groups in total. The average molecular weight is 516 g/mol. The van der Waals surface area contributed by atoms with Crippen molar-refractivity contribution < 1.29 is 0 Å². The summed E-state index contributed by atoms with van der Waals surface area (Å²) in [6.07, 6.45) is 2.17. The van der Waals surface area contributed by atoms with Gasteiger partial charge in [-0.2, -0.15) is 0 Å². The third-order valence-electron chi connectivity index (χ3n) is 7.12. The Morgan fingerprint density at radius 2 is 1.19 bits per heavy atom. The van der Waals surface area contributed by atoms with Crippen molar-refractivity contribution in [2.24, 2.45) is 0 Å². The molecule has 1 aliphatic heterocycles. The molecule has 36 heavy (non-hydrogen) atoms. The van der Waals surface area contributed by atoms with Crippen molar-refractivity contribution in [2.75, 3.05) is 13.1 Å². The first kappa shape index (κ1) is 25.0. The number of fused-ring (bicyclic) bond motifs is 1. The predicted molar refractivity (Wildman–Crippen MR) is 152 cm³/mol. The van der Waals surface area contributed by atoms with Crippen LogP contribution in [0.15, 0.2) is 103 Å². The smallest absolute Gasteiger partial charge is 0.0406 e. The van der Waals surface area contributed by atoms with Gasteiger partial charge < -0.3 is 0 Å². The maximum atomic E-state index is 6.15. The Hall–Kier alpha value is -2.62. The summed E-state index contributed by atoms with van der Waals surface area (Å²) in [5.74, 6) is 0. The zero-order chi connectivity index (χ0) is 24.7. The van der Waals surface area contributed by atoms with Gasteiger partial charge in [-0.25, -0.2) is 0 Å². The van der Waals surface area contributed by atoms with Crippen LogP contribution in [0.5, 0.6) is 0 Å². The molecule has 0 saturated heterocycles. The monoisotopic (exact) mass is 514 g/mol. The van der Waals surface area contributed by atoms with Gasteiger partial charge >= 0.3 is 0 Å². The van der Waals surface area contributed by atoms with Gasteiger partial charge in [0.2, 0.25) is 0 Å². The first-order valence-corrected chi connectivity index (χ1v) is 13.4. The Morgan fingerprint density at radius 1 is 0.639 bits per heavy atom. The number of benzene rings is 4. The highest BCUT2D eigenvalue weighted by atomic mass is 35.5. The van der Waals surface area contributed by atoms with E-state index in [9.17, 15) is 0 Å². The lowest BCUT2D eigenvalue weighted by Gasteiger charge is -2.38. The first-order valence-electron chi connectivity index (χ1n) is 12.7. The second kappa shape index (κ2) is 12.1. The van der Waals surface area contributed by atoms with Crippen molar-refractivity contribution in [3.63, 3.8) is 0 Å². The molecule has 0 amide bonds. The summed E-state index contributed by atoms with van der Waals surface area (Å²) in [5.41, 5.74) is 6.92. The molecular formula is C32H32Cl2N2. The molecule has 0 aliphatic carbocycles. The van der Waals surface area contributed by atoms with Gasteiger partial charge in [0.05, 0.1) is 0 Å². The fourth-order valence-corrected chi connectivity index (χ4v) is 5.42. The molecule has 1 aliphatic rings. The summed E-state index contributed by atoms with van der Waals surface area (Å²) < 4.78 is 0. The number of halogens is 2. The fraction of sp³-hybridized carbons (Fsp3) is 0.250. The quantitative estimate of drug-likeness (QED) is 0.226. The zero-order valence-electron chi connectivity index (χ0n) is 20.5. The van der Waals surface area contributed by atoms with Crippen molar-refractivity contribution in [3.05, 3.63) is 141 Å². The molecular weight excluding hydrogens is 483 g/mol. The van der Waals surface area contributed by atoms with Crippen molar-refractivity contribution in [1.82, 2.24) is 9.80 Å². The molecule has 0 radical (unpaired) electrons. The second-order valence-electron chi connectivity index (χ2n) is 9.75. The highest BCUT2D eigenvalue weighted by Gasteiger charge is 2.26. The lowest BCUT2D eigenvalue weighted by Crippen LogP contribution is -2.45. The molecule has 0 aromatic heterocycles. The highest BCUT2D eigenvalue weighted by molar-refractivity contribution is 6.30. The third-order valence-corrected chi connectivity index (χ3v) is 7.62. The fourth-order valence-electron chi connectivity index (χ4n) is 5.17. The summed E-state index contributed by atoms with van der Waals surface area (Å²) >= 11 is 12.3. The summed E-state index contributed by atoms with van der Waals surface area (Å²) in [4.78, 5) is 5.22. The minimum Gasteiger partial charge on any atom is -0.294 e. The van der Waals surface area contributed by atoms with Crippen LogP contribution in [0.25, 0.3) is 0 Å². The van der Waals surface area contributed by atoms with Gasteiger partial charge in [-0.15, -0.1) is 0 Å². The molecule has 1 unspecified atom stereocenters. The van der Waals surface area contributed by atoms with Gasteiger partial charge in [0.25, 0.3) is 0 Å². The van der Waals surface area contributed by atoms with Crippen LogP contribution in [0.2, 0.25) is 10.0 Å². The van der Waals surface area contributed by atoms with Crippen LogP contribution in [-0.2, 0) is 32.5 Å². The third kappa shape index (κ3) is 6.78. The standard InChI is InChI=1S/C32H32Cl2N2/c33-30-14-10-26(11-15-30)22-35(23-27-12-16-31(34)17-13-27)18-19-36-24-29-9-5-4-8-28(29)21-32(36)20-25-6-2-1-3-7-25/h1-17,32H,18-24H2. The molecule has 0 fully saturated rings. The topological polar surface area (TPSA) is 6.48 Å². The highest BCUT2D eigenvalue weighted by Crippen LogP contribution is 2.26. The van der Waals surface area contributed by atoms with E-state index in [0.29, 0.717) is 6.04 Å². The Balaban J connectivity index is 1.33. The molecule has 1 atom stereocenters. The minimum absolute atomic E-state index is 0.496. The van der Waals surface area contributed by atoms with Crippen molar-refractivity contribution in [2.45, 2.75) is 38.5 Å². The van der Waals surface area contributed by atoms with Crippen LogP contribution in [0.3, 0.4) is 0 Å². The van der Waals surface area contributed by atoms with Crippen molar-refractivity contribution in [1.29, 1.82) is 0 Å². The lowest BCUT2D eigenvalue weighted by molar-refractivity contribution is 0.135. The Labute approximate surface area is 225 Å². The van der Waals surface area contributed by atoms with Gasteiger partial charge in [-0.1, -0.05) is 102 Å². The van der Waals surface area contributed by atoms with Gasteiger partial charge in [0, 0.05) is 48.8 Å². The van der Waals surface area contributed by atoms with Crippen LogP contribution >= 0.6 is 23.2 Å². The molecule has 4 heteroatoms. The average Bonchev–Trinajstić information content (AvgIpc) is 2.90. The van der Waals surface area contributed by atoms with Crippen molar-refractivity contribution in [3.8, 4) is 0 Å². The molecule has 0 saturated carbocycles. The molecule has 1 heterocycles. The summed E-state index contributed by atoms with van der Waals surface area (Å²) in [7, 11) is 0. The van der Waals surface area contributed by atoms with Crippen LogP contribution in [0, 0.1) is 0 Å². The SMILES string of the molecule is Clc1ccc(CN(CCN2Cc3ccccc3CC2Cc2ccccc2)Cc2ccc(Cl)cc2)cc1. The van der Waals surface area contributed by atoms with E-state index in [2.05, 4.69) is 88.7 Å². The summed E-state index contributed by atoms with van der Waals surface area (Å²) in [6, 6.07) is 36.8. The van der Waals surface area contributed by atoms with E-state index in [1.165, 1.54) is 27.8 Å². The van der Waals surface area contributed by atoms with Gasteiger partial charge in [0.15, 0.2) is 0 Å². The maximum absolute atomic E-state index is 6.15. The molecule has 0 bridgehead atoms. The summed E-state index contributed by atoms with van der Waals surface area (Å²) in [6.45, 7) is 4.77. The van der Waals surface area contributed by atoms with E-state index in [-0.39, 0.29) is 0 Å². The second-order valence-corrected chi connectivity index (χ2v) is 10.6. The normalized spacial score (nSPS) is 15.7. The molecule has 4 aromatic carbocycles. The first-order chi connectivity index (χ1) is 17.6. The van der Waals surface area contributed by atoms with E-state index >= 15 is 0 Å². The van der Waals surface area contributed by atoms with Crippen LogP contribution in [0.1, 0.15) is 27.8 Å². The lowest BCUT2D eigenvalue weighted by atomic mass is 9.90. The number of hydrogen-bond acceptors (Lipinski definition) is 2. The summed E-state index contributed by atoms with van der Waals surface area (Å²) in [5, 5.41) is 1.55. The Bertz CT molecular complexity index is 1190. The zero-order valence-corrected chi connectivity index (χ0v) is 22.0. The van der Waals surface area contributed by atoms with Gasteiger partial charge in [-0.05, 0) is 64.9 Å². The Morgan fingerprint density at radius 3 is 1.81 bits per heavy atom. The van der Waals surface area contributed by atoms with E-state index in [1.807, 2.05) is 24.3 Å². The largest absolute Gasteiger partial charge is 0.294 e. The van der Waals surface area contributed by atoms with Crippen molar-refractivity contribution >= 4 is 23.2 Å². The number of nitrogens with zero attached hydrogens (tertiary/aromatic N) is 2. The van der Waals surface area contributed by atoms with Gasteiger partial charge in [0.1, 0.15) is 0 Å². The van der Waals surface area contributed by atoms with E-state index in [1.54, 1.807) is 0 Å². The van der Waals surface area contributed by atoms with Crippen LogP contribution in [0.4, 0.5) is 0 Å². The maximum Gasteiger partial charge on any atom is 0.0406 e. The van der Waals surface area contributed by atoms with Crippen LogP contribution < -0.4 is 0 Å². The Kier molecular flexibility index (Phi) is 8.40. The molecule has 5 rings (SSSR count). The number of rotatable bonds is 9. The molecule has 2 nitrogen and oxygen atoms in total. The van der Waals surface area contributed by atoms with Gasteiger partial charge in [-0.3, -0.25) is 9.80 Å². The molecule has 4 aromatic rings. The minimum atomic E-state index is 0.496. The molecule has 184 valence electrons. The van der Waals surface area contributed by atoms with Crippen LogP contribution in [-0.4, -0.2) is 28.9 Å². The number of hydrogen-bond donors (Lipinski definition) is 0.